The molecule has 1 aliphatic rings. The first-order valence-corrected chi connectivity index (χ1v) is 10.9. The van der Waals surface area contributed by atoms with Gasteiger partial charge in [0.15, 0.2) is 0 Å². The third-order valence-corrected chi connectivity index (χ3v) is 7.19. The van der Waals surface area contributed by atoms with Gasteiger partial charge in [0.2, 0.25) is 10.0 Å². The molecule has 4 nitrogen and oxygen atoms in total. The van der Waals surface area contributed by atoms with Crippen molar-refractivity contribution in [3.05, 3.63) is 93.4 Å². The molecule has 1 N–H and O–H groups in total. The van der Waals surface area contributed by atoms with Crippen LogP contribution in [0.4, 0.5) is 5.69 Å². The first-order chi connectivity index (χ1) is 13.0. The van der Waals surface area contributed by atoms with E-state index < -0.39 is 16.2 Å². The summed E-state index contributed by atoms with van der Waals surface area (Å²) in [6, 6.07) is 21.9. The van der Waals surface area contributed by atoms with Gasteiger partial charge in [0.1, 0.15) is 11.1 Å². The minimum atomic E-state index is -3.71. The van der Waals surface area contributed by atoms with Crippen LogP contribution in [0.2, 0.25) is 5.02 Å². The quantitative estimate of drug-likeness (QED) is 0.564. The van der Waals surface area contributed by atoms with Gasteiger partial charge < -0.3 is 5.32 Å². The number of sulfonamides is 1. The van der Waals surface area contributed by atoms with Gasteiger partial charge in [-0.15, -0.1) is 0 Å². The van der Waals surface area contributed by atoms with Gasteiger partial charge >= 0.3 is 0 Å². The molecule has 0 amide bonds. The number of nitrogens with zero attached hydrogens (tertiary/aromatic N) is 1. The molecule has 138 valence electrons. The maximum Gasteiger partial charge on any atom is 0.247 e. The molecule has 0 aliphatic carbocycles. The summed E-state index contributed by atoms with van der Waals surface area (Å²) in [6.07, 6.45) is -0.599. The molecule has 0 aromatic heterocycles. The highest BCUT2D eigenvalue weighted by Crippen LogP contribution is 2.40. The second-order valence-corrected chi connectivity index (χ2v) is 9.43. The minimum Gasteiger partial charge on any atom is -0.364 e. The number of benzene rings is 3. The summed E-state index contributed by atoms with van der Waals surface area (Å²) in [5.41, 5.74) is 2.17. The lowest BCUT2D eigenvalue weighted by molar-refractivity contribution is 0.336. The van der Waals surface area contributed by atoms with Crippen LogP contribution in [0.3, 0.4) is 0 Å². The lowest BCUT2D eigenvalue weighted by atomic mass is 10.1. The summed E-state index contributed by atoms with van der Waals surface area (Å²) in [6.45, 7) is 0.221. The average molecular weight is 464 g/mol. The van der Waals surface area contributed by atoms with Gasteiger partial charge in [-0.3, -0.25) is 0 Å². The van der Waals surface area contributed by atoms with Gasteiger partial charge in [-0.05, 0) is 35.9 Å². The topological polar surface area (TPSA) is 49.4 Å². The highest BCUT2D eigenvalue weighted by atomic mass is 79.9. The van der Waals surface area contributed by atoms with E-state index in [2.05, 4.69) is 21.2 Å². The first kappa shape index (κ1) is 18.5. The Labute approximate surface area is 172 Å². The minimum absolute atomic E-state index is 0.221. The van der Waals surface area contributed by atoms with Crippen molar-refractivity contribution in [1.29, 1.82) is 0 Å². The van der Waals surface area contributed by atoms with Crippen molar-refractivity contribution in [1.82, 2.24) is 4.31 Å². The highest BCUT2D eigenvalue weighted by molar-refractivity contribution is 9.10. The molecule has 0 saturated carbocycles. The molecule has 3 aromatic carbocycles. The van der Waals surface area contributed by atoms with Crippen molar-refractivity contribution in [2.45, 2.75) is 17.6 Å². The molecular weight excluding hydrogens is 448 g/mol. The van der Waals surface area contributed by atoms with Crippen LogP contribution in [-0.2, 0) is 16.6 Å². The zero-order chi connectivity index (χ0) is 19.0. The fourth-order valence-corrected chi connectivity index (χ4v) is 5.57. The number of nitrogens with one attached hydrogen (secondary N) is 1. The molecule has 0 unspecified atom stereocenters. The van der Waals surface area contributed by atoms with Crippen molar-refractivity contribution >= 4 is 43.2 Å². The van der Waals surface area contributed by atoms with Crippen LogP contribution >= 0.6 is 27.5 Å². The summed E-state index contributed by atoms with van der Waals surface area (Å²) >= 11 is 9.85. The Morgan fingerprint density at radius 1 is 1.00 bits per heavy atom. The monoisotopic (exact) mass is 462 g/mol. The molecule has 0 spiro atoms. The van der Waals surface area contributed by atoms with Crippen molar-refractivity contribution in [2.24, 2.45) is 0 Å². The van der Waals surface area contributed by atoms with Gasteiger partial charge in [0.25, 0.3) is 0 Å². The lowest BCUT2D eigenvalue weighted by Crippen LogP contribution is -2.42. The van der Waals surface area contributed by atoms with Gasteiger partial charge in [-0.25, -0.2) is 8.42 Å². The van der Waals surface area contributed by atoms with E-state index in [0.717, 1.165) is 10.0 Å². The van der Waals surface area contributed by atoms with Gasteiger partial charge in [-0.2, -0.15) is 4.31 Å². The number of hydrogen-bond acceptors (Lipinski definition) is 3. The van der Waals surface area contributed by atoms with Crippen LogP contribution in [0.5, 0.6) is 0 Å². The molecule has 7 heteroatoms. The zero-order valence-electron chi connectivity index (χ0n) is 14.1. The maximum absolute atomic E-state index is 13.4. The molecule has 1 atom stereocenters. The van der Waals surface area contributed by atoms with Gasteiger partial charge in [0, 0.05) is 21.6 Å². The Kier molecular flexibility index (Phi) is 4.99. The van der Waals surface area contributed by atoms with E-state index >= 15 is 0 Å². The van der Waals surface area contributed by atoms with E-state index in [4.69, 9.17) is 11.6 Å². The van der Waals surface area contributed by atoms with E-state index in [1.54, 1.807) is 24.3 Å². The molecular formula is C20H16BrClN2O2S. The lowest BCUT2D eigenvalue weighted by Gasteiger charge is -2.37. The second kappa shape index (κ2) is 7.28. The SMILES string of the molecule is O=S1(=O)c2ccccc2N[C@@H](c2ccccc2Cl)N1Cc1cccc(Br)c1. The summed E-state index contributed by atoms with van der Waals surface area (Å²) < 4.78 is 29.2. The second-order valence-electron chi connectivity index (χ2n) is 6.24. The first-order valence-electron chi connectivity index (χ1n) is 8.33. The highest BCUT2D eigenvalue weighted by Gasteiger charge is 2.39. The van der Waals surface area contributed by atoms with Crippen LogP contribution < -0.4 is 5.32 Å². The Balaban J connectivity index is 1.86. The van der Waals surface area contributed by atoms with Crippen LogP contribution in [0.25, 0.3) is 0 Å². The van der Waals surface area contributed by atoms with Crippen molar-refractivity contribution in [3.63, 3.8) is 0 Å². The number of anilines is 1. The van der Waals surface area contributed by atoms with E-state index in [1.165, 1.54) is 4.31 Å². The van der Waals surface area contributed by atoms with E-state index in [1.807, 2.05) is 48.5 Å². The smallest absolute Gasteiger partial charge is 0.247 e. The van der Waals surface area contributed by atoms with Crippen molar-refractivity contribution in [2.75, 3.05) is 5.32 Å². The van der Waals surface area contributed by atoms with Crippen molar-refractivity contribution < 1.29 is 8.42 Å². The molecule has 1 heterocycles. The number of rotatable bonds is 3. The molecule has 1 aliphatic heterocycles. The van der Waals surface area contributed by atoms with E-state index in [9.17, 15) is 8.42 Å². The van der Waals surface area contributed by atoms with Gasteiger partial charge in [-0.1, -0.05) is 70.0 Å². The Bertz CT molecular complexity index is 1100. The number of halogens is 2. The third-order valence-electron chi connectivity index (χ3n) is 4.48. The largest absolute Gasteiger partial charge is 0.364 e. The number of para-hydroxylation sites is 1. The fourth-order valence-electron chi connectivity index (χ4n) is 3.22. The van der Waals surface area contributed by atoms with Crippen LogP contribution in [0, 0.1) is 0 Å². The summed E-state index contributed by atoms with van der Waals surface area (Å²) in [7, 11) is -3.71. The maximum atomic E-state index is 13.4. The molecule has 0 radical (unpaired) electrons. The van der Waals surface area contributed by atoms with Gasteiger partial charge in [0.05, 0.1) is 5.69 Å². The Hall–Kier alpha value is -1.86. The molecule has 4 rings (SSSR count). The third kappa shape index (κ3) is 3.50. The zero-order valence-corrected chi connectivity index (χ0v) is 17.3. The average Bonchev–Trinajstić information content (AvgIpc) is 2.65. The van der Waals surface area contributed by atoms with Crippen LogP contribution in [0.15, 0.2) is 82.2 Å². The standard InChI is InChI=1S/C20H16BrClN2O2S/c21-15-7-5-6-14(12-15)13-24-20(16-8-1-2-9-17(16)22)23-18-10-3-4-11-19(18)27(24,25)26/h1-12,20,23H,13H2/t20-/m1/s1. The molecule has 0 bridgehead atoms. The molecule has 0 saturated heterocycles. The normalized spacial score (nSPS) is 18.5. The summed E-state index contributed by atoms with van der Waals surface area (Å²) in [4.78, 5) is 0.267. The summed E-state index contributed by atoms with van der Waals surface area (Å²) in [5.74, 6) is 0. The summed E-state index contributed by atoms with van der Waals surface area (Å²) in [5, 5.41) is 3.86. The van der Waals surface area contributed by atoms with Crippen molar-refractivity contribution in [3.8, 4) is 0 Å². The predicted molar refractivity (Wildman–Crippen MR) is 111 cm³/mol. The number of fused-ring (bicyclic) bond motifs is 1. The Morgan fingerprint density at radius 2 is 1.74 bits per heavy atom. The molecule has 27 heavy (non-hydrogen) atoms. The van der Waals surface area contributed by atoms with Crippen LogP contribution in [0.1, 0.15) is 17.3 Å². The molecule has 0 fully saturated rings. The fraction of sp³-hybridized carbons (Fsp3) is 0.100. The predicted octanol–water partition coefficient (Wildman–Crippen LogP) is 5.42. The number of hydrogen-bond donors (Lipinski definition) is 1. The van der Waals surface area contributed by atoms with Crippen LogP contribution in [-0.4, -0.2) is 12.7 Å². The molecule has 3 aromatic rings. The Morgan fingerprint density at radius 3 is 2.52 bits per heavy atom. The van der Waals surface area contributed by atoms with E-state index in [-0.39, 0.29) is 11.4 Å². The van der Waals surface area contributed by atoms with E-state index in [0.29, 0.717) is 16.3 Å².